The van der Waals surface area contributed by atoms with E-state index in [9.17, 15) is 9.59 Å². The molecule has 0 spiro atoms. The molecule has 0 aliphatic rings. The minimum Gasteiger partial charge on any atom is -0.379 e. The van der Waals surface area contributed by atoms with E-state index in [0.717, 1.165) is 0 Å². The molecule has 0 rings (SSSR count). The van der Waals surface area contributed by atoms with Crippen molar-refractivity contribution < 1.29 is 57.0 Å². The van der Waals surface area contributed by atoms with E-state index in [2.05, 4.69) is 0 Å². The molecular formula is C24H47NO12. The van der Waals surface area contributed by atoms with Gasteiger partial charge in [0.05, 0.1) is 119 Å². The van der Waals surface area contributed by atoms with E-state index in [0.29, 0.717) is 145 Å². The van der Waals surface area contributed by atoms with Crippen molar-refractivity contribution >= 4 is 12.2 Å². The molecule has 0 aromatic rings. The van der Waals surface area contributed by atoms with Crippen molar-refractivity contribution in [3.05, 3.63) is 0 Å². The zero-order valence-electron chi connectivity index (χ0n) is 22.1. The molecule has 0 atom stereocenters. The Kier molecular flexibility index (Phi) is 31.7. The Morgan fingerprint density at radius 2 is 0.676 bits per heavy atom. The number of carbonyl (C=O) groups excluding carboxylic acids is 2. The van der Waals surface area contributed by atoms with E-state index in [1.54, 1.807) is 0 Å². The van der Waals surface area contributed by atoms with Crippen LogP contribution in [-0.2, 0) is 57.0 Å². The summed E-state index contributed by atoms with van der Waals surface area (Å²) < 4.78 is 53.4. The Morgan fingerprint density at radius 1 is 0.432 bits per heavy atom. The lowest BCUT2D eigenvalue weighted by Crippen LogP contribution is -2.15. The lowest BCUT2D eigenvalue weighted by Gasteiger charge is -2.09. The fourth-order valence-corrected chi connectivity index (χ4v) is 2.46. The molecule has 0 aliphatic heterocycles. The van der Waals surface area contributed by atoms with Crippen LogP contribution in [-0.4, -0.2) is 144 Å². The van der Waals surface area contributed by atoms with Gasteiger partial charge in [0.2, 0.25) is 5.91 Å². The molecule has 0 fully saturated rings. The summed E-state index contributed by atoms with van der Waals surface area (Å²) in [6.45, 7) is 9.29. The first-order chi connectivity index (χ1) is 18.3. The first kappa shape index (κ1) is 35.7. The number of primary amides is 1. The smallest absolute Gasteiger partial charge is 0.217 e. The Hall–Kier alpha value is -1.26. The van der Waals surface area contributed by atoms with Crippen LogP contribution in [0.1, 0.15) is 12.8 Å². The molecule has 0 unspecified atom stereocenters. The van der Waals surface area contributed by atoms with Gasteiger partial charge in [-0.2, -0.15) is 0 Å². The number of rotatable bonds is 33. The SMILES string of the molecule is NC(=O)CCCOCCOCCOCCOCCOCCOCCOCCOCCOCCOCC=O. The second kappa shape index (κ2) is 32.8. The van der Waals surface area contributed by atoms with Crippen molar-refractivity contribution in [2.75, 3.05) is 132 Å². The summed E-state index contributed by atoms with van der Waals surface area (Å²) in [6.07, 6.45) is 1.68. The molecule has 0 saturated carbocycles. The van der Waals surface area contributed by atoms with Gasteiger partial charge in [-0.05, 0) is 6.42 Å². The number of amides is 1. The van der Waals surface area contributed by atoms with Gasteiger partial charge in [0, 0.05) is 13.0 Å². The molecule has 220 valence electrons. The largest absolute Gasteiger partial charge is 0.379 e. The highest BCUT2D eigenvalue weighted by Crippen LogP contribution is 1.89. The molecular weight excluding hydrogens is 494 g/mol. The highest BCUT2D eigenvalue weighted by atomic mass is 16.6. The maximum absolute atomic E-state index is 10.6. The van der Waals surface area contributed by atoms with Crippen LogP contribution in [0.5, 0.6) is 0 Å². The Labute approximate surface area is 220 Å². The van der Waals surface area contributed by atoms with Crippen LogP contribution in [0.4, 0.5) is 0 Å². The minimum atomic E-state index is -0.313. The first-order valence-electron chi connectivity index (χ1n) is 12.8. The van der Waals surface area contributed by atoms with E-state index in [-0.39, 0.29) is 12.5 Å². The number of carbonyl (C=O) groups is 2. The lowest BCUT2D eigenvalue weighted by atomic mass is 10.3. The second-order valence-electron chi connectivity index (χ2n) is 7.32. The van der Waals surface area contributed by atoms with Gasteiger partial charge < -0.3 is 57.9 Å². The maximum atomic E-state index is 10.6. The normalized spacial score (nSPS) is 11.2. The van der Waals surface area contributed by atoms with E-state index >= 15 is 0 Å². The van der Waals surface area contributed by atoms with Crippen molar-refractivity contribution in [1.29, 1.82) is 0 Å². The average molecular weight is 542 g/mol. The Balaban J connectivity index is 3.02. The molecule has 37 heavy (non-hydrogen) atoms. The van der Waals surface area contributed by atoms with E-state index in [4.69, 9.17) is 53.1 Å². The molecule has 0 bridgehead atoms. The van der Waals surface area contributed by atoms with Gasteiger partial charge in [0.15, 0.2) is 0 Å². The number of aldehydes is 1. The van der Waals surface area contributed by atoms with E-state index < -0.39 is 0 Å². The van der Waals surface area contributed by atoms with Crippen molar-refractivity contribution in [1.82, 2.24) is 0 Å². The summed E-state index contributed by atoms with van der Waals surface area (Å²) in [5.41, 5.74) is 5.04. The number of hydrogen-bond acceptors (Lipinski definition) is 12. The van der Waals surface area contributed by atoms with Crippen molar-refractivity contribution in [2.24, 2.45) is 5.73 Å². The molecule has 0 saturated heterocycles. The summed E-state index contributed by atoms with van der Waals surface area (Å²) in [5, 5.41) is 0. The molecule has 13 heteroatoms. The molecule has 0 aromatic carbocycles. The van der Waals surface area contributed by atoms with Crippen LogP contribution in [0, 0.1) is 0 Å². The first-order valence-corrected chi connectivity index (χ1v) is 12.8. The highest BCUT2D eigenvalue weighted by Gasteiger charge is 1.97. The summed E-state index contributed by atoms with van der Waals surface area (Å²) in [6, 6.07) is 0. The minimum absolute atomic E-state index is 0.0978. The van der Waals surface area contributed by atoms with Gasteiger partial charge in [-0.25, -0.2) is 0 Å². The number of nitrogens with two attached hydrogens (primary N) is 1. The van der Waals surface area contributed by atoms with Gasteiger partial charge in [-0.3, -0.25) is 4.79 Å². The van der Waals surface area contributed by atoms with Crippen LogP contribution in [0.15, 0.2) is 0 Å². The lowest BCUT2D eigenvalue weighted by molar-refractivity contribution is -0.118. The second-order valence-corrected chi connectivity index (χ2v) is 7.32. The van der Waals surface area contributed by atoms with Crippen LogP contribution in [0.3, 0.4) is 0 Å². The van der Waals surface area contributed by atoms with Crippen molar-refractivity contribution in [3.8, 4) is 0 Å². The molecule has 0 radical (unpaired) electrons. The topological polar surface area (TPSA) is 152 Å². The summed E-state index contributed by atoms with van der Waals surface area (Å²) in [4.78, 5) is 20.6. The van der Waals surface area contributed by atoms with E-state index in [1.165, 1.54) is 0 Å². The molecule has 0 aliphatic carbocycles. The maximum Gasteiger partial charge on any atom is 0.217 e. The van der Waals surface area contributed by atoms with Gasteiger partial charge in [-0.1, -0.05) is 0 Å². The van der Waals surface area contributed by atoms with Gasteiger partial charge >= 0.3 is 0 Å². The third kappa shape index (κ3) is 34.7. The van der Waals surface area contributed by atoms with Crippen molar-refractivity contribution in [2.45, 2.75) is 12.8 Å². The third-order valence-corrected chi connectivity index (χ3v) is 4.25. The fraction of sp³-hybridized carbons (Fsp3) is 0.917. The zero-order valence-corrected chi connectivity index (χ0v) is 22.1. The van der Waals surface area contributed by atoms with Crippen LogP contribution in [0.25, 0.3) is 0 Å². The number of hydrogen-bond donors (Lipinski definition) is 1. The Bertz CT molecular complexity index is 473. The van der Waals surface area contributed by atoms with Crippen LogP contribution < -0.4 is 5.73 Å². The molecule has 2 N–H and O–H groups in total. The molecule has 1 amide bonds. The van der Waals surface area contributed by atoms with Gasteiger partial charge in [-0.15, -0.1) is 0 Å². The predicted octanol–water partition coefficient (Wildman–Crippen LogP) is -0.383. The summed E-state index contributed by atoms with van der Waals surface area (Å²) >= 11 is 0. The highest BCUT2D eigenvalue weighted by molar-refractivity contribution is 5.73. The summed E-state index contributed by atoms with van der Waals surface area (Å²) in [5.74, 6) is -0.313. The Morgan fingerprint density at radius 3 is 0.919 bits per heavy atom. The number of ether oxygens (including phenoxy) is 10. The standard InChI is InChI=1S/C24H47NO12/c25-24(27)2-1-4-28-6-8-30-10-12-32-14-16-34-18-20-36-22-23-37-21-19-35-17-15-33-13-11-31-9-7-29-5-3-26/h3H,1-2,4-23H2,(H2,25,27). The fourth-order valence-electron chi connectivity index (χ4n) is 2.46. The molecule has 0 heterocycles. The molecule has 0 aromatic heterocycles. The zero-order chi connectivity index (χ0) is 26.9. The van der Waals surface area contributed by atoms with Crippen LogP contribution in [0.2, 0.25) is 0 Å². The third-order valence-electron chi connectivity index (χ3n) is 4.25. The molecule has 13 nitrogen and oxygen atoms in total. The average Bonchev–Trinajstić information content (AvgIpc) is 2.89. The summed E-state index contributed by atoms with van der Waals surface area (Å²) in [7, 11) is 0. The van der Waals surface area contributed by atoms with Gasteiger partial charge in [0.25, 0.3) is 0 Å². The van der Waals surface area contributed by atoms with Gasteiger partial charge in [0.1, 0.15) is 12.9 Å². The van der Waals surface area contributed by atoms with E-state index in [1.807, 2.05) is 0 Å². The van der Waals surface area contributed by atoms with Crippen molar-refractivity contribution in [3.63, 3.8) is 0 Å². The quantitative estimate of drug-likeness (QED) is 0.0851. The monoisotopic (exact) mass is 541 g/mol. The predicted molar refractivity (Wildman–Crippen MR) is 133 cm³/mol. The van der Waals surface area contributed by atoms with Crippen LogP contribution >= 0.6 is 0 Å².